The van der Waals surface area contributed by atoms with Crippen molar-refractivity contribution in [2.45, 2.75) is 18.4 Å². The van der Waals surface area contributed by atoms with Gasteiger partial charge in [0.15, 0.2) is 6.61 Å². The van der Waals surface area contributed by atoms with Crippen LogP contribution in [-0.2, 0) is 21.4 Å². The smallest absolute Gasteiger partial charge is 0.262 e. The third-order valence-corrected chi connectivity index (χ3v) is 6.36. The van der Waals surface area contributed by atoms with Crippen molar-refractivity contribution in [2.24, 2.45) is 0 Å². The molecule has 0 aromatic heterocycles. The molecule has 3 aromatic rings. The molecule has 0 aliphatic heterocycles. The highest BCUT2D eigenvalue weighted by atomic mass is 79.9. The minimum Gasteiger partial charge on any atom is -0.483 e. The van der Waals surface area contributed by atoms with E-state index in [2.05, 4.69) is 26.0 Å². The number of aryl methyl sites for hydroxylation is 1. The molecule has 156 valence electrons. The quantitative estimate of drug-likeness (QED) is 0.496. The zero-order chi connectivity index (χ0) is 21.6. The second kappa shape index (κ2) is 9.88. The molecule has 1 amide bonds. The molecule has 0 spiro atoms. The molecule has 0 heterocycles. The number of benzene rings is 3. The van der Waals surface area contributed by atoms with Crippen LogP contribution in [0.5, 0.6) is 5.75 Å². The van der Waals surface area contributed by atoms with Gasteiger partial charge in [-0.1, -0.05) is 42.5 Å². The van der Waals surface area contributed by atoms with Gasteiger partial charge in [-0.2, -0.15) is 0 Å². The minimum absolute atomic E-state index is 0.140. The highest BCUT2D eigenvalue weighted by Gasteiger charge is 2.16. The fourth-order valence-corrected chi connectivity index (χ4v) is 4.19. The Balaban J connectivity index is 1.60. The number of carbonyl (C=O) groups excluding carboxylic acids is 1. The zero-order valence-corrected chi connectivity index (χ0v) is 18.7. The first kappa shape index (κ1) is 22.0. The molecule has 30 heavy (non-hydrogen) atoms. The van der Waals surface area contributed by atoms with Crippen LogP contribution in [0.3, 0.4) is 0 Å². The zero-order valence-electron chi connectivity index (χ0n) is 16.3. The minimum atomic E-state index is -3.66. The molecular weight excluding hydrogens is 468 g/mol. The number of carbonyl (C=O) groups is 1. The van der Waals surface area contributed by atoms with E-state index in [1.165, 1.54) is 12.1 Å². The Morgan fingerprint density at radius 1 is 1.00 bits per heavy atom. The molecule has 6 nitrogen and oxygen atoms in total. The van der Waals surface area contributed by atoms with Crippen molar-refractivity contribution < 1.29 is 17.9 Å². The summed E-state index contributed by atoms with van der Waals surface area (Å²) in [4.78, 5) is 12.3. The number of sulfonamides is 1. The Morgan fingerprint density at radius 2 is 1.70 bits per heavy atom. The normalized spacial score (nSPS) is 11.1. The van der Waals surface area contributed by atoms with Gasteiger partial charge in [-0.3, -0.25) is 4.79 Å². The van der Waals surface area contributed by atoms with E-state index in [1.54, 1.807) is 19.1 Å². The molecule has 3 rings (SSSR count). The largest absolute Gasteiger partial charge is 0.483 e. The van der Waals surface area contributed by atoms with Crippen molar-refractivity contribution in [2.75, 3.05) is 11.9 Å². The lowest BCUT2D eigenvalue weighted by atomic mass is 10.2. The molecule has 0 fully saturated rings. The number of nitrogens with one attached hydrogen (secondary N) is 2. The number of para-hydroxylation sites is 1. The van der Waals surface area contributed by atoms with Crippen molar-refractivity contribution >= 4 is 37.5 Å². The van der Waals surface area contributed by atoms with E-state index in [0.29, 0.717) is 17.0 Å². The molecule has 2 N–H and O–H groups in total. The average molecular weight is 489 g/mol. The molecule has 8 heteroatoms. The molecule has 0 unspecified atom stereocenters. The fraction of sp³-hybridized carbons (Fsp3) is 0.136. The highest BCUT2D eigenvalue weighted by Crippen LogP contribution is 2.23. The monoisotopic (exact) mass is 488 g/mol. The second-order valence-corrected chi connectivity index (χ2v) is 9.18. The van der Waals surface area contributed by atoms with Crippen LogP contribution in [0.4, 0.5) is 5.69 Å². The van der Waals surface area contributed by atoms with Crippen LogP contribution in [0.1, 0.15) is 11.1 Å². The number of ether oxygens (including phenoxy) is 1. The first-order valence-electron chi connectivity index (χ1n) is 9.16. The Morgan fingerprint density at radius 3 is 2.40 bits per heavy atom. The van der Waals surface area contributed by atoms with Crippen LogP contribution in [0, 0.1) is 6.92 Å². The van der Waals surface area contributed by atoms with Crippen LogP contribution in [0.25, 0.3) is 0 Å². The summed E-state index contributed by atoms with van der Waals surface area (Å²) in [5.74, 6) is 0.127. The molecule has 0 aliphatic carbocycles. The summed E-state index contributed by atoms with van der Waals surface area (Å²) < 4.78 is 34.0. The Hall–Kier alpha value is -2.68. The molecular formula is C22H21BrN2O4S. The maximum atomic E-state index is 12.5. The van der Waals surface area contributed by atoms with Crippen molar-refractivity contribution in [3.05, 3.63) is 88.4 Å². The van der Waals surface area contributed by atoms with Crippen molar-refractivity contribution in [3.63, 3.8) is 0 Å². The van der Waals surface area contributed by atoms with Gasteiger partial charge in [0.2, 0.25) is 10.0 Å². The van der Waals surface area contributed by atoms with Crippen LogP contribution < -0.4 is 14.8 Å². The van der Waals surface area contributed by atoms with E-state index in [9.17, 15) is 13.2 Å². The lowest BCUT2D eigenvalue weighted by molar-refractivity contribution is -0.118. The number of hydrogen-bond acceptors (Lipinski definition) is 4. The number of halogens is 1. The van der Waals surface area contributed by atoms with Crippen LogP contribution >= 0.6 is 15.9 Å². The van der Waals surface area contributed by atoms with Crippen LogP contribution in [0.15, 0.2) is 82.2 Å². The van der Waals surface area contributed by atoms with Gasteiger partial charge in [0.1, 0.15) is 5.75 Å². The van der Waals surface area contributed by atoms with Gasteiger partial charge >= 0.3 is 0 Å². The van der Waals surface area contributed by atoms with Crippen LogP contribution in [-0.4, -0.2) is 20.9 Å². The molecule has 0 aliphatic rings. The predicted molar refractivity (Wildman–Crippen MR) is 120 cm³/mol. The number of anilines is 1. The predicted octanol–water partition coefficient (Wildman–Crippen LogP) is 4.25. The van der Waals surface area contributed by atoms with E-state index < -0.39 is 10.0 Å². The third-order valence-electron chi connectivity index (χ3n) is 4.27. The van der Waals surface area contributed by atoms with E-state index >= 15 is 0 Å². The first-order chi connectivity index (χ1) is 14.3. The van der Waals surface area contributed by atoms with Crippen molar-refractivity contribution in [1.82, 2.24) is 4.72 Å². The maximum absolute atomic E-state index is 12.5. The standard InChI is InChI=1S/C22H21BrN2O4S/c1-16-13-18(30(27,28)24-14-17-7-3-2-4-8-17)11-12-21(16)29-15-22(26)25-20-10-6-5-9-19(20)23/h2-13,24H,14-15H2,1H3,(H,25,26). The number of amides is 1. The maximum Gasteiger partial charge on any atom is 0.262 e. The van der Waals surface area contributed by atoms with E-state index in [0.717, 1.165) is 10.0 Å². The summed E-state index contributed by atoms with van der Waals surface area (Å²) >= 11 is 3.37. The summed E-state index contributed by atoms with van der Waals surface area (Å²) in [6.07, 6.45) is 0. The SMILES string of the molecule is Cc1cc(S(=O)(=O)NCc2ccccc2)ccc1OCC(=O)Nc1ccccc1Br. The van der Waals surface area contributed by atoms with Gasteiger partial charge in [0, 0.05) is 11.0 Å². The van der Waals surface area contributed by atoms with Crippen molar-refractivity contribution in [3.8, 4) is 5.75 Å². The van der Waals surface area contributed by atoms with E-state index in [4.69, 9.17) is 4.74 Å². The molecule has 0 saturated heterocycles. The summed E-state index contributed by atoms with van der Waals surface area (Å²) in [5, 5.41) is 2.75. The first-order valence-corrected chi connectivity index (χ1v) is 11.4. The highest BCUT2D eigenvalue weighted by molar-refractivity contribution is 9.10. The molecule has 0 atom stereocenters. The summed E-state index contributed by atoms with van der Waals surface area (Å²) in [6, 6.07) is 21.1. The van der Waals surface area contributed by atoms with Gasteiger partial charge in [-0.15, -0.1) is 0 Å². The molecule has 0 bridgehead atoms. The number of hydrogen-bond donors (Lipinski definition) is 2. The topological polar surface area (TPSA) is 84.5 Å². The molecule has 0 saturated carbocycles. The van der Waals surface area contributed by atoms with Gasteiger partial charge in [0.25, 0.3) is 5.91 Å². The van der Waals surface area contributed by atoms with Gasteiger partial charge in [-0.05, 0) is 64.3 Å². The van der Waals surface area contributed by atoms with E-state index in [-0.39, 0.29) is 24.0 Å². The Kier molecular flexibility index (Phi) is 7.25. The van der Waals surface area contributed by atoms with E-state index in [1.807, 2.05) is 48.5 Å². The average Bonchev–Trinajstić information content (AvgIpc) is 2.74. The summed E-state index contributed by atoms with van der Waals surface area (Å²) in [5.41, 5.74) is 2.13. The number of rotatable bonds is 8. The van der Waals surface area contributed by atoms with Crippen molar-refractivity contribution in [1.29, 1.82) is 0 Å². The van der Waals surface area contributed by atoms with Crippen LogP contribution in [0.2, 0.25) is 0 Å². The fourth-order valence-electron chi connectivity index (χ4n) is 2.70. The Labute approximate surface area is 184 Å². The molecule has 0 radical (unpaired) electrons. The summed E-state index contributed by atoms with van der Waals surface area (Å²) in [7, 11) is -3.66. The third kappa shape index (κ3) is 5.91. The van der Waals surface area contributed by atoms with Gasteiger partial charge in [-0.25, -0.2) is 13.1 Å². The second-order valence-electron chi connectivity index (χ2n) is 6.55. The Bertz CT molecular complexity index is 1130. The lowest BCUT2D eigenvalue weighted by Crippen LogP contribution is -2.23. The van der Waals surface area contributed by atoms with Gasteiger partial charge < -0.3 is 10.1 Å². The lowest BCUT2D eigenvalue weighted by Gasteiger charge is -2.12. The van der Waals surface area contributed by atoms with Gasteiger partial charge in [0.05, 0.1) is 10.6 Å². The summed E-state index contributed by atoms with van der Waals surface area (Å²) in [6.45, 7) is 1.74. The molecule has 3 aromatic carbocycles.